The lowest BCUT2D eigenvalue weighted by molar-refractivity contribution is -0.126. The van der Waals surface area contributed by atoms with Crippen LogP contribution in [0.25, 0.3) is 0 Å². The zero-order valence-electron chi connectivity index (χ0n) is 16.9. The second-order valence-electron chi connectivity index (χ2n) is 5.83. The van der Waals surface area contributed by atoms with Crippen LogP contribution < -0.4 is 21.3 Å². The van der Waals surface area contributed by atoms with E-state index < -0.39 is 0 Å². The fraction of sp³-hybridized carbons (Fsp3) is 0.778. The van der Waals surface area contributed by atoms with E-state index in [1.165, 1.54) is 0 Å². The van der Waals surface area contributed by atoms with Crippen molar-refractivity contribution >= 4 is 23.6 Å². The van der Waals surface area contributed by atoms with Gasteiger partial charge in [0.25, 0.3) is 0 Å². The smallest absolute Gasteiger partial charge is 0.220 e. The highest BCUT2D eigenvalue weighted by Gasteiger charge is 2.06. The molecule has 0 atom stereocenters. The lowest BCUT2D eigenvalue weighted by atomic mass is 10.3. The van der Waals surface area contributed by atoms with Crippen molar-refractivity contribution in [3.8, 4) is 0 Å². The van der Waals surface area contributed by atoms with E-state index in [0.717, 1.165) is 0 Å². The summed E-state index contributed by atoms with van der Waals surface area (Å²) in [6.45, 7) is 6.96. The van der Waals surface area contributed by atoms with Crippen LogP contribution in [0.3, 0.4) is 0 Å². The molecule has 10 heteroatoms. The van der Waals surface area contributed by atoms with Gasteiger partial charge in [-0.2, -0.15) is 0 Å². The molecule has 0 heterocycles. The zero-order valence-corrected chi connectivity index (χ0v) is 16.9. The molecule has 4 amide bonds. The minimum absolute atomic E-state index is 0.135. The van der Waals surface area contributed by atoms with Crippen molar-refractivity contribution in [3.05, 3.63) is 0 Å². The Morgan fingerprint density at radius 2 is 0.857 bits per heavy atom. The largest absolute Gasteiger partial charge is 0.377 e. The van der Waals surface area contributed by atoms with E-state index in [0.29, 0.717) is 52.6 Å². The van der Waals surface area contributed by atoms with Gasteiger partial charge in [0.2, 0.25) is 23.6 Å². The van der Waals surface area contributed by atoms with Gasteiger partial charge in [0, 0.05) is 51.9 Å². The molecule has 0 aliphatic carbocycles. The maximum absolute atomic E-state index is 11.5. The summed E-state index contributed by atoms with van der Waals surface area (Å²) >= 11 is 0. The van der Waals surface area contributed by atoms with Crippen LogP contribution in [0, 0.1) is 0 Å². The van der Waals surface area contributed by atoms with Crippen molar-refractivity contribution in [1.29, 1.82) is 0 Å². The van der Waals surface area contributed by atoms with Gasteiger partial charge < -0.3 is 30.7 Å². The molecular formula is C18H34N4O6. The molecule has 0 saturated heterocycles. The molecule has 0 fully saturated rings. The van der Waals surface area contributed by atoms with Gasteiger partial charge in [-0.15, -0.1) is 0 Å². The Labute approximate surface area is 166 Å². The van der Waals surface area contributed by atoms with Crippen LogP contribution in [-0.2, 0) is 28.7 Å². The van der Waals surface area contributed by atoms with Crippen LogP contribution in [0.2, 0.25) is 0 Å². The van der Waals surface area contributed by atoms with Gasteiger partial charge in [0.15, 0.2) is 0 Å². The van der Waals surface area contributed by atoms with Crippen LogP contribution in [0.5, 0.6) is 0 Å². The molecule has 0 radical (unpaired) electrons. The zero-order chi connectivity index (χ0) is 21.0. The molecule has 0 aliphatic heterocycles. The summed E-state index contributed by atoms with van der Waals surface area (Å²) in [6.07, 6.45) is 0.668. The van der Waals surface area contributed by atoms with Crippen LogP contribution in [0.15, 0.2) is 0 Å². The maximum atomic E-state index is 11.5. The third-order valence-corrected chi connectivity index (χ3v) is 3.42. The van der Waals surface area contributed by atoms with E-state index in [1.54, 1.807) is 0 Å². The monoisotopic (exact) mass is 402 g/mol. The molecule has 0 aromatic rings. The number of hydrogen-bond acceptors (Lipinski definition) is 6. The first-order chi connectivity index (χ1) is 13.5. The average molecular weight is 402 g/mol. The number of hydrogen-bond donors (Lipinski definition) is 4. The molecule has 28 heavy (non-hydrogen) atoms. The van der Waals surface area contributed by atoms with Crippen LogP contribution in [0.1, 0.15) is 39.5 Å². The second kappa shape index (κ2) is 18.2. The molecular weight excluding hydrogens is 368 g/mol. The van der Waals surface area contributed by atoms with Gasteiger partial charge in [0.05, 0.1) is 26.4 Å². The molecule has 4 N–H and O–H groups in total. The number of carbonyl (C=O) groups excluding carboxylic acids is 4. The molecule has 162 valence electrons. The van der Waals surface area contributed by atoms with Gasteiger partial charge >= 0.3 is 0 Å². The summed E-state index contributed by atoms with van der Waals surface area (Å²) in [5.74, 6) is -0.642. The van der Waals surface area contributed by atoms with E-state index in [2.05, 4.69) is 21.3 Å². The Morgan fingerprint density at radius 1 is 0.536 bits per heavy atom. The molecule has 10 nitrogen and oxygen atoms in total. The topological polar surface area (TPSA) is 135 Å². The fourth-order valence-corrected chi connectivity index (χ4v) is 2.05. The summed E-state index contributed by atoms with van der Waals surface area (Å²) in [6, 6.07) is 0. The van der Waals surface area contributed by atoms with Crippen LogP contribution in [-0.4, -0.2) is 76.2 Å². The Kier molecular flexibility index (Phi) is 16.7. The van der Waals surface area contributed by atoms with Crippen molar-refractivity contribution < 1.29 is 28.7 Å². The standard InChI is InChI=1S/C18H34N4O6/c1-3-19-15(23)5-7-17(25)21-9-11-27-13-14-28-12-10-22-18(26)8-6-16(24)20-4-2/h3-14H2,1-2H3,(H,19,23)(H,20,24)(H,21,25)(H,22,26). The van der Waals surface area contributed by atoms with Crippen molar-refractivity contribution in [2.75, 3.05) is 52.6 Å². The number of carbonyl (C=O) groups is 4. The summed E-state index contributed by atoms with van der Waals surface area (Å²) in [4.78, 5) is 45.4. The molecule has 0 unspecified atom stereocenters. The summed E-state index contributed by atoms with van der Waals surface area (Å²) in [7, 11) is 0. The summed E-state index contributed by atoms with van der Waals surface area (Å²) < 4.78 is 10.6. The number of amides is 4. The van der Waals surface area contributed by atoms with Crippen LogP contribution in [0.4, 0.5) is 0 Å². The Morgan fingerprint density at radius 3 is 1.18 bits per heavy atom. The number of rotatable bonds is 17. The first-order valence-electron chi connectivity index (χ1n) is 9.71. The average Bonchev–Trinajstić information content (AvgIpc) is 2.66. The molecule has 0 bridgehead atoms. The maximum Gasteiger partial charge on any atom is 0.220 e. The van der Waals surface area contributed by atoms with E-state index >= 15 is 0 Å². The number of ether oxygens (including phenoxy) is 2. The third-order valence-electron chi connectivity index (χ3n) is 3.42. The van der Waals surface area contributed by atoms with Crippen molar-refractivity contribution in [2.45, 2.75) is 39.5 Å². The normalized spacial score (nSPS) is 10.2. The second-order valence-corrected chi connectivity index (χ2v) is 5.83. The molecule has 0 aromatic heterocycles. The van der Waals surface area contributed by atoms with Gasteiger partial charge in [0.1, 0.15) is 0 Å². The molecule has 0 aliphatic rings. The molecule has 0 rings (SSSR count). The first kappa shape index (κ1) is 25.8. The van der Waals surface area contributed by atoms with Gasteiger partial charge in [-0.05, 0) is 13.8 Å². The lowest BCUT2D eigenvalue weighted by Crippen LogP contribution is -2.30. The predicted molar refractivity (Wildman–Crippen MR) is 103 cm³/mol. The van der Waals surface area contributed by atoms with Crippen molar-refractivity contribution in [2.24, 2.45) is 0 Å². The highest BCUT2D eigenvalue weighted by Crippen LogP contribution is 1.90. The predicted octanol–water partition coefficient (Wildman–Crippen LogP) is -0.915. The lowest BCUT2D eigenvalue weighted by Gasteiger charge is -2.08. The molecule has 0 aromatic carbocycles. The minimum Gasteiger partial charge on any atom is -0.377 e. The summed E-state index contributed by atoms with van der Waals surface area (Å²) in [5.41, 5.74) is 0. The van der Waals surface area contributed by atoms with Crippen molar-refractivity contribution in [3.63, 3.8) is 0 Å². The quantitative estimate of drug-likeness (QED) is 0.233. The summed E-state index contributed by atoms with van der Waals surface area (Å²) in [5, 5.41) is 10.6. The third kappa shape index (κ3) is 17.2. The SMILES string of the molecule is CCNC(=O)CCC(=O)NCCOCCOCCNC(=O)CCC(=O)NCC. The van der Waals surface area contributed by atoms with Gasteiger partial charge in [-0.3, -0.25) is 19.2 Å². The van der Waals surface area contributed by atoms with Crippen molar-refractivity contribution in [1.82, 2.24) is 21.3 Å². The Balaban J connectivity index is 3.37. The van der Waals surface area contributed by atoms with E-state index in [4.69, 9.17) is 9.47 Å². The van der Waals surface area contributed by atoms with E-state index in [9.17, 15) is 19.2 Å². The highest BCUT2D eigenvalue weighted by atomic mass is 16.5. The number of nitrogens with one attached hydrogen (secondary N) is 4. The molecule has 0 spiro atoms. The minimum atomic E-state index is -0.186. The van der Waals surface area contributed by atoms with Gasteiger partial charge in [-0.1, -0.05) is 0 Å². The fourth-order valence-electron chi connectivity index (χ4n) is 2.05. The first-order valence-corrected chi connectivity index (χ1v) is 9.71. The molecule has 0 saturated carbocycles. The van der Waals surface area contributed by atoms with E-state index in [-0.39, 0.29) is 49.3 Å². The van der Waals surface area contributed by atoms with E-state index in [1.807, 2.05) is 13.8 Å². The Bertz CT molecular complexity index is 431. The Hall–Kier alpha value is -2.20. The van der Waals surface area contributed by atoms with Gasteiger partial charge in [-0.25, -0.2) is 0 Å². The highest BCUT2D eigenvalue weighted by molar-refractivity contribution is 5.84. The van der Waals surface area contributed by atoms with Crippen LogP contribution >= 0.6 is 0 Å².